The Balaban J connectivity index is 0.000000116. The summed E-state index contributed by atoms with van der Waals surface area (Å²) in [5.41, 5.74) is 20.9. The van der Waals surface area contributed by atoms with Crippen LogP contribution in [0.3, 0.4) is 0 Å². The highest BCUT2D eigenvalue weighted by atomic mass is 35.5. The van der Waals surface area contributed by atoms with E-state index in [1.54, 1.807) is 0 Å². The minimum atomic E-state index is 0. The summed E-state index contributed by atoms with van der Waals surface area (Å²) in [5.74, 6) is 1.62. The molecule has 0 radical (unpaired) electrons. The van der Waals surface area contributed by atoms with Crippen LogP contribution in [0, 0.1) is 0 Å². The highest BCUT2D eigenvalue weighted by Crippen LogP contribution is 2.49. The molecule has 0 atom stereocenters. The predicted molar refractivity (Wildman–Crippen MR) is 495 cm³/mol. The van der Waals surface area contributed by atoms with Gasteiger partial charge in [0.25, 0.3) is 0 Å². The second-order valence-corrected chi connectivity index (χ2v) is 32.4. The molecule has 7 nitrogen and oxygen atoms in total. The molecule has 0 fully saturated rings. The predicted octanol–water partition coefficient (Wildman–Crippen LogP) is 29.8. The van der Waals surface area contributed by atoms with Gasteiger partial charge < -0.3 is 4.57 Å². The van der Waals surface area contributed by atoms with Crippen molar-refractivity contribution >= 4 is 205 Å². The fraction of sp³-hybridized carbons (Fsp3) is 0.0189. The summed E-state index contributed by atoms with van der Waals surface area (Å²) in [5, 5.41) is 22.9. The third kappa shape index (κ3) is 10.4. The molecule has 544 valence electrons. The van der Waals surface area contributed by atoms with E-state index in [0.717, 1.165) is 95.8 Å². The van der Waals surface area contributed by atoms with Crippen LogP contribution in [0.25, 0.3) is 222 Å². The summed E-state index contributed by atoms with van der Waals surface area (Å²) >= 11 is 10.3. The van der Waals surface area contributed by atoms with Gasteiger partial charge >= 0.3 is 0 Å². The Morgan fingerprint density at radius 2 is 0.690 bits per heavy atom. The molecule has 0 spiro atoms. The molecule has 7 heterocycles. The Morgan fingerprint density at radius 1 is 0.267 bits per heavy atom. The van der Waals surface area contributed by atoms with E-state index >= 15 is 0 Å². The Morgan fingerprint density at radius 3 is 1.28 bits per heavy atom. The highest BCUT2D eigenvalue weighted by molar-refractivity contribution is 7.26. The highest BCUT2D eigenvalue weighted by Gasteiger charge is 2.28. The lowest BCUT2D eigenvalue weighted by atomic mass is 9.99. The van der Waals surface area contributed by atoms with Gasteiger partial charge in [0.15, 0.2) is 11.6 Å². The molecule has 0 amide bonds. The summed E-state index contributed by atoms with van der Waals surface area (Å²) in [6, 6.07) is 130. The molecule has 0 unspecified atom stereocenters. The van der Waals surface area contributed by atoms with E-state index in [1.165, 1.54) is 144 Å². The second-order valence-electron chi connectivity index (χ2n) is 29.9. The van der Waals surface area contributed by atoms with Crippen LogP contribution in [0.5, 0.6) is 0 Å². The topological polar surface area (TPSA) is 66.3 Å². The van der Waals surface area contributed by atoms with Gasteiger partial charge in [0.05, 0.1) is 55.2 Å². The summed E-state index contributed by atoms with van der Waals surface area (Å²) < 4.78 is 12.1. The van der Waals surface area contributed by atoms with Gasteiger partial charge in [0, 0.05) is 99.9 Å². The summed E-state index contributed by atoms with van der Waals surface area (Å²) in [7, 11) is 0. The SMILES string of the molecule is C.Clc1ccc2c3c4ccccc4ccc3n(-c3nc4ccccc4nc3-c3cccc4c3sc3ccccc34)c2c1.c1ccc2c(c1)Cc1c-2ccc2ccccc12.c1ccc2c(c1)ccc1c2c2ccc(-n3c4ccccc4c4ccc5ccccc5c43)cc2n1-c1nc2ccccc2nc1-c1cccc2c1sc1ccccc12. The Labute approximate surface area is 678 Å². The van der Waals surface area contributed by atoms with Gasteiger partial charge in [-0.2, -0.15) is 0 Å². The quantitative estimate of drug-likeness (QED) is 0.172. The van der Waals surface area contributed by atoms with Gasteiger partial charge in [-0.1, -0.05) is 304 Å². The van der Waals surface area contributed by atoms with E-state index in [0.29, 0.717) is 5.02 Å². The molecule has 0 saturated heterocycles. The van der Waals surface area contributed by atoms with Crippen molar-refractivity contribution in [1.82, 2.24) is 33.6 Å². The number of para-hydroxylation sites is 5. The molecule has 0 N–H and O–H groups in total. The zero-order valence-electron chi connectivity index (χ0n) is 61.7. The monoisotopic (exact) mass is 1540 g/mol. The van der Waals surface area contributed by atoms with Crippen LogP contribution in [0.1, 0.15) is 18.6 Å². The van der Waals surface area contributed by atoms with Crippen LogP contribution in [0.4, 0.5) is 0 Å². The summed E-state index contributed by atoms with van der Waals surface area (Å²) in [6.45, 7) is 0. The van der Waals surface area contributed by atoms with Gasteiger partial charge in [0.2, 0.25) is 0 Å². The van der Waals surface area contributed by atoms with E-state index in [-0.39, 0.29) is 7.43 Å². The molecule has 25 aromatic rings. The maximum absolute atomic E-state index is 6.65. The number of hydrogen-bond donors (Lipinski definition) is 0. The zero-order chi connectivity index (χ0) is 75.5. The van der Waals surface area contributed by atoms with Gasteiger partial charge in [-0.05, 0) is 145 Å². The van der Waals surface area contributed by atoms with Crippen molar-refractivity contribution in [2.24, 2.45) is 0 Å². The van der Waals surface area contributed by atoms with Crippen molar-refractivity contribution in [3.05, 3.63) is 380 Å². The number of aromatic nitrogens is 7. The van der Waals surface area contributed by atoms with E-state index in [2.05, 4.69) is 341 Å². The molecule has 0 aliphatic heterocycles. The first-order valence-electron chi connectivity index (χ1n) is 38.9. The van der Waals surface area contributed by atoms with Crippen LogP contribution in [-0.4, -0.2) is 33.6 Å². The van der Waals surface area contributed by atoms with Crippen molar-refractivity contribution in [2.75, 3.05) is 0 Å². The smallest absolute Gasteiger partial charge is 0.165 e. The average molecular weight is 1540 g/mol. The van der Waals surface area contributed by atoms with Gasteiger partial charge in [-0.3, -0.25) is 9.13 Å². The number of nitrogens with zero attached hydrogens (tertiary/aromatic N) is 7. The zero-order valence-corrected chi connectivity index (χ0v) is 64.1. The molecule has 26 rings (SSSR count). The fourth-order valence-corrected chi connectivity index (χ4v) is 21.2. The normalized spacial score (nSPS) is 12.1. The van der Waals surface area contributed by atoms with Crippen LogP contribution >= 0.6 is 34.3 Å². The molecular weight excluding hydrogens is 1470 g/mol. The molecule has 0 saturated carbocycles. The first-order valence-corrected chi connectivity index (χ1v) is 40.9. The average Bonchev–Trinajstić information content (AvgIpc) is 1.55. The lowest BCUT2D eigenvalue weighted by Gasteiger charge is -2.15. The Bertz CT molecular complexity index is 8450. The number of thiophene rings is 2. The number of fused-ring (bicyclic) bond motifs is 28. The molecule has 7 aromatic heterocycles. The fourth-order valence-electron chi connectivity index (χ4n) is 18.6. The van der Waals surface area contributed by atoms with Crippen LogP contribution in [0.2, 0.25) is 5.02 Å². The number of hydrogen-bond acceptors (Lipinski definition) is 6. The maximum atomic E-state index is 6.65. The van der Waals surface area contributed by atoms with Gasteiger partial charge in [-0.15, -0.1) is 22.7 Å². The van der Waals surface area contributed by atoms with Crippen molar-refractivity contribution in [1.29, 1.82) is 0 Å². The van der Waals surface area contributed by atoms with Crippen LogP contribution in [-0.2, 0) is 6.42 Å². The first-order chi connectivity index (χ1) is 57.0. The molecule has 116 heavy (non-hydrogen) atoms. The maximum Gasteiger partial charge on any atom is 0.165 e. The molecule has 1 aliphatic rings. The second kappa shape index (κ2) is 26.7. The van der Waals surface area contributed by atoms with E-state index in [1.807, 2.05) is 59.1 Å². The van der Waals surface area contributed by atoms with Crippen molar-refractivity contribution in [2.45, 2.75) is 13.8 Å². The summed E-state index contributed by atoms with van der Waals surface area (Å²) in [6.07, 6.45) is 1.08. The minimum absolute atomic E-state index is 0. The molecule has 18 aromatic carbocycles. The van der Waals surface area contributed by atoms with Gasteiger partial charge in [-0.25, -0.2) is 19.9 Å². The van der Waals surface area contributed by atoms with Crippen LogP contribution < -0.4 is 0 Å². The lowest BCUT2D eigenvalue weighted by Crippen LogP contribution is -2.04. The number of benzene rings is 18. The van der Waals surface area contributed by atoms with Crippen molar-refractivity contribution in [3.8, 4) is 51.0 Å². The third-order valence-corrected chi connectivity index (χ3v) is 26.3. The standard InChI is InChI=1S/C52H30N4S.C36H20ClN3S.C17H12.CH4/c1-3-14-34-31(12-1)25-29-45-48(34)40-28-26-33(55-44-22-9-5-16-36(44)38-27-24-32-13-2-4-15-35(32)50(38)55)30-46(40)56(45)52-49(53-42-20-7-8-21-43(42)54-52)41-19-11-18-39-37-17-6-10-23-47(37)57-51(39)41;37-22-17-18-26-31(20-22)40(30-19-16-21-8-1-2-9-23(21)33(26)30)36-34(38-28-13-4-5-14-29(28)39-36)27-12-7-11-25-24-10-3-6-15-32(24)41-35(25)27;1-3-7-14-12(5-1)9-10-16-15-8-4-2-6-13(15)11-17(14)16;/h1-30H;1-20H;1-10H,11H2;1H4. The van der Waals surface area contributed by atoms with E-state index < -0.39 is 0 Å². The number of rotatable bonds is 5. The largest absolute Gasteiger partial charge is 0.309 e. The molecular formula is C106H66ClN7S2. The first kappa shape index (κ1) is 67.5. The van der Waals surface area contributed by atoms with Gasteiger partial charge in [0.1, 0.15) is 11.4 Å². The Kier molecular flexibility index (Phi) is 15.6. The molecule has 0 bridgehead atoms. The number of halogens is 1. The third-order valence-electron chi connectivity index (χ3n) is 23.6. The minimum Gasteiger partial charge on any atom is -0.309 e. The molecule has 10 heteroatoms. The molecule has 1 aliphatic carbocycles. The summed E-state index contributed by atoms with van der Waals surface area (Å²) in [4.78, 5) is 21.7. The van der Waals surface area contributed by atoms with E-state index in [9.17, 15) is 0 Å². The van der Waals surface area contributed by atoms with Crippen LogP contribution in [0.15, 0.2) is 364 Å². The van der Waals surface area contributed by atoms with Crippen molar-refractivity contribution in [3.63, 3.8) is 0 Å². The van der Waals surface area contributed by atoms with Crippen molar-refractivity contribution < 1.29 is 0 Å². The van der Waals surface area contributed by atoms with E-state index in [4.69, 9.17) is 31.5 Å². The lowest BCUT2D eigenvalue weighted by molar-refractivity contribution is 1.08. The Hall–Kier alpha value is -14.2.